The van der Waals surface area contributed by atoms with Gasteiger partial charge in [-0.1, -0.05) is 35.2 Å². The Morgan fingerprint density at radius 3 is 3.00 bits per heavy atom. The van der Waals surface area contributed by atoms with Crippen molar-refractivity contribution in [2.75, 3.05) is 6.54 Å². The van der Waals surface area contributed by atoms with Gasteiger partial charge in [-0.15, -0.1) is 0 Å². The van der Waals surface area contributed by atoms with Crippen molar-refractivity contribution in [3.63, 3.8) is 0 Å². The average Bonchev–Trinajstić information content (AvgIpc) is 2.71. The van der Waals surface area contributed by atoms with Gasteiger partial charge in [-0.05, 0) is 36.6 Å². The third-order valence-corrected chi connectivity index (χ3v) is 4.84. The van der Waals surface area contributed by atoms with Crippen molar-refractivity contribution in [3.8, 4) is 5.75 Å². The van der Waals surface area contributed by atoms with Gasteiger partial charge in [0.2, 0.25) is 0 Å². The summed E-state index contributed by atoms with van der Waals surface area (Å²) in [4.78, 5) is 0. The molecule has 1 aromatic carbocycles. The summed E-state index contributed by atoms with van der Waals surface area (Å²) < 4.78 is 7.06. The zero-order valence-electron chi connectivity index (χ0n) is 11.6. The van der Waals surface area contributed by atoms with E-state index in [0.29, 0.717) is 0 Å². The molecule has 3 atom stereocenters. The average molecular weight is 340 g/mol. The van der Waals surface area contributed by atoms with Gasteiger partial charge in [0, 0.05) is 23.5 Å². The maximum absolute atomic E-state index is 10.1. The van der Waals surface area contributed by atoms with E-state index >= 15 is 0 Å². The Morgan fingerprint density at radius 2 is 2.10 bits per heavy atom. The largest absolute Gasteiger partial charge is 0.488 e. The van der Waals surface area contributed by atoms with Crippen molar-refractivity contribution in [2.45, 2.75) is 56.8 Å². The first-order valence-electron chi connectivity index (χ1n) is 7.59. The van der Waals surface area contributed by atoms with Crippen molar-refractivity contribution < 1.29 is 9.84 Å². The molecule has 0 bridgehead atoms. The van der Waals surface area contributed by atoms with Crippen LogP contribution in [0.2, 0.25) is 0 Å². The maximum atomic E-state index is 10.1. The van der Waals surface area contributed by atoms with Crippen molar-refractivity contribution in [3.05, 3.63) is 28.2 Å². The molecule has 1 fully saturated rings. The Labute approximate surface area is 128 Å². The summed E-state index contributed by atoms with van der Waals surface area (Å²) in [5.74, 6) is 1.00. The molecule has 1 heterocycles. The third-order valence-electron chi connectivity index (χ3n) is 4.35. The van der Waals surface area contributed by atoms with Gasteiger partial charge in [0.15, 0.2) is 0 Å². The molecule has 3 rings (SSSR count). The molecule has 0 radical (unpaired) electrons. The van der Waals surface area contributed by atoms with E-state index in [1.807, 2.05) is 12.1 Å². The number of ether oxygens (including phenoxy) is 1. The van der Waals surface area contributed by atoms with Crippen LogP contribution < -0.4 is 10.1 Å². The number of halogens is 1. The van der Waals surface area contributed by atoms with E-state index in [1.165, 1.54) is 18.4 Å². The Bertz CT molecular complexity index is 466. The molecular weight excluding hydrogens is 318 g/mol. The normalized spacial score (nSPS) is 29.6. The number of hydrogen-bond acceptors (Lipinski definition) is 3. The van der Waals surface area contributed by atoms with Gasteiger partial charge in [0.05, 0.1) is 6.10 Å². The molecule has 4 heteroatoms. The number of nitrogens with one attached hydrogen (secondary N) is 1. The Hall–Kier alpha value is -0.580. The minimum absolute atomic E-state index is 0.190. The van der Waals surface area contributed by atoms with E-state index in [1.54, 1.807) is 0 Å². The van der Waals surface area contributed by atoms with Crippen LogP contribution in [0.5, 0.6) is 5.75 Å². The fourth-order valence-electron chi connectivity index (χ4n) is 3.21. The van der Waals surface area contributed by atoms with Gasteiger partial charge in [0.1, 0.15) is 11.9 Å². The summed E-state index contributed by atoms with van der Waals surface area (Å²) in [6, 6.07) is 6.41. The highest BCUT2D eigenvalue weighted by molar-refractivity contribution is 9.10. The van der Waals surface area contributed by atoms with Crippen molar-refractivity contribution >= 4 is 15.9 Å². The van der Waals surface area contributed by atoms with Crippen LogP contribution >= 0.6 is 15.9 Å². The lowest BCUT2D eigenvalue weighted by atomic mass is 10.1. The molecular formula is C16H22BrNO2. The second-order valence-electron chi connectivity index (χ2n) is 5.92. The second kappa shape index (κ2) is 6.46. The predicted octanol–water partition coefficient (Wildman–Crippen LogP) is 3.04. The predicted molar refractivity (Wildman–Crippen MR) is 83.1 cm³/mol. The Balaban J connectivity index is 1.53. The molecule has 0 saturated heterocycles. The van der Waals surface area contributed by atoms with Crippen LogP contribution in [0, 0.1) is 0 Å². The van der Waals surface area contributed by atoms with Gasteiger partial charge in [0.25, 0.3) is 0 Å². The van der Waals surface area contributed by atoms with Crippen molar-refractivity contribution in [1.29, 1.82) is 0 Å². The summed E-state index contributed by atoms with van der Waals surface area (Å²) in [6.07, 6.45) is 6.55. The van der Waals surface area contributed by atoms with Crippen LogP contribution in [-0.2, 0) is 6.42 Å². The number of aliphatic hydroxyl groups excluding tert-OH is 1. The van der Waals surface area contributed by atoms with Crippen LogP contribution in [0.1, 0.15) is 37.7 Å². The standard InChI is InChI=1S/C16H22BrNO2/c17-12-6-7-16-11(8-12)9-13(20-16)10-18-14-4-2-1-3-5-15(14)19/h6-8,13-15,18-19H,1-5,9-10H2. The first-order chi connectivity index (χ1) is 9.72. The van der Waals surface area contributed by atoms with Crippen LogP contribution in [0.25, 0.3) is 0 Å². The smallest absolute Gasteiger partial charge is 0.123 e. The molecule has 110 valence electrons. The molecule has 20 heavy (non-hydrogen) atoms. The number of aliphatic hydroxyl groups is 1. The fourth-order valence-corrected chi connectivity index (χ4v) is 3.62. The van der Waals surface area contributed by atoms with E-state index in [4.69, 9.17) is 4.74 Å². The molecule has 1 aliphatic heterocycles. The van der Waals surface area contributed by atoms with Crippen LogP contribution in [0.4, 0.5) is 0 Å². The van der Waals surface area contributed by atoms with Gasteiger partial charge in [-0.25, -0.2) is 0 Å². The molecule has 2 N–H and O–H groups in total. The van der Waals surface area contributed by atoms with Gasteiger partial charge >= 0.3 is 0 Å². The van der Waals surface area contributed by atoms with Crippen LogP contribution in [0.15, 0.2) is 22.7 Å². The van der Waals surface area contributed by atoms with E-state index < -0.39 is 0 Å². The van der Waals surface area contributed by atoms with E-state index in [-0.39, 0.29) is 18.2 Å². The third kappa shape index (κ3) is 3.35. The number of rotatable bonds is 3. The minimum atomic E-state index is -0.199. The first-order valence-corrected chi connectivity index (χ1v) is 8.38. The van der Waals surface area contributed by atoms with E-state index in [0.717, 1.165) is 42.5 Å². The second-order valence-corrected chi connectivity index (χ2v) is 6.83. The lowest BCUT2D eigenvalue weighted by Crippen LogP contribution is -2.43. The Morgan fingerprint density at radius 1 is 1.25 bits per heavy atom. The molecule has 0 aromatic heterocycles. The summed E-state index contributed by atoms with van der Waals surface area (Å²) in [6.45, 7) is 0.814. The van der Waals surface area contributed by atoms with Crippen LogP contribution in [-0.4, -0.2) is 29.9 Å². The molecule has 1 aromatic rings. The van der Waals surface area contributed by atoms with E-state index in [2.05, 4.69) is 27.3 Å². The molecule has 3 unspecified atom stereocenters. The number of benzene rings is 1. The van der Waals surface area contributed by atoms with Crippen molar-refractivity contribution in [2.24, 2.45) is 0 Å². The molecule has 1 aliphatic carbocycles. The summed E-state index contributed by atoms with van der Waals surface area (Å²) in [5.41, 5.74) is 1.27. The maximum Gasteiger partial charge on any atom is 0.123 e. The summed E-state index contributed by atoms with van der Waals surface area (Å²) in [5, 5.41) is 13.6. The monoisotopic (exact) mass is 339 g/mol. The molecule has 2 aliphatic rings. The first kappa shape index (κ1) is 14.4. The van der Waals surface area contributed by atoms with Gasteiger partial charge in [-0.3, -0.25) is 0 Å². The van der Waals surface area contributed by atoms with Gasteiger partial charge < -0.3 is 15.2 Å². The number of hydrogen-bond donors (Lipinski definition) is 2. The summed E-state index contributed by atoms with van der Waals surface area (Å²) >= 11 is 3.50. The quantitative estimate of drug-likeness (QED) is 0.831. The zero-order chi connectivity index (χ0) is 13.9. The SMILES string of the molecule is OC1CCCCCC1NCC1Cc2cc(Br)ccc2O1. The molecule has 0 spiro atoms. The summed E-state index contributed by atoms with van der Waals surface area (Å²) in [7, 11) is 0. The molecule has 0 amide bonds. The van der Waals surface area contributed by atoms with E-state index in [9.17, 15) is 5.11 Å². The lowest BCUT2D eigenvalue weighted by Gasteiger charge is -2.23. The zero-order valence-corrected chi connectivity index (χ0v) is 13.2. The highest BCUT2D eigenvalue weighted by atomic mass is 79.9. The van der Waals surface area contributed by atoms with Crippen LogP contribution in [0.3, 0.4) is 0 Å². The van der Waals surface area contributed by atoms with Gasteiger partial charge in [-0.2, -0.15) is 0 Å². The topological polar surface area (TPSA) is 41.5 Å². The van der Waals surface area contributed by atoms with Crippen molar-refractivity contribution in [1.82, 2.24) is 5.32 Å². The number of fused-ring (bicyclic) bond motifs is 1. The Kier molecular flexibility index (Phi) is 4.64. The highest BCUT2D eigenvalue weighted by Crippen LogP contribution is 2.31. The molecule has 3 nitrogen and oxygen atoms in total. The molecule has 1 saturated carbocycles. The minimum Gasteiger partial charge on any atom is -0.488 e. The highest BCUT2D eigenvalue weighted by Gasteiger charge is 2.26. The lowest BCUT2D eigenvalue weighted by molar-refractivity contribution is 0.112. The fraction of sp³-hybridized carbons (Fsp3) is 0.625.